The minimum absolute atomic E-state index is 0.0129. The van der Waals surface area contributed by atoms with Crippen LogP contribution in [0.25, 0.3) is 16.6 Å². The van der Waals surface area contributed by atoms with Gasteiger partial charge in [0.25, 0.3) is 0 Å². The van der Waals surface area contributed by atoms with Crippen molar-refractivity contribution in [1.82, 2.24) is 30.5 Å². The van der Waals surface area contributed by atoms with Crippen LogP contribution in [0.4, 0.5) is 13.2 Å². The van der Waals surface area contributed by atoms with Crippen LogP contribution in [0, 0.1) is 0 Å². The van der Waals surface area contributed by atoms with Crippen molar-refractivity contribution >= 4 is 40.2 Å². The number of carbonyl (C=O) groups is 1. The van der Waals surface area contributed by atoms with E-state index in [4.69, 9.17) is 11.6 Å². The Hall–Kier alpha value is -3.05. The second kappa shape index (κ2) is 9.21. The van der Waals surface area contributed by atoms with Gasteiger partial charge in [-0.15, -0.1) is 5.10 Å². The fourth-order valence-electron chi connectivity index (χ4n) is 3.12. The molecule has 166 valence electrons. The molecule has 2 aromatic heterocycles. The van der Waals surface area contributed by atoms with Crippen LogP contribution in [-0.2, 0) is 17.4 Å². The number of benzene rings is 2. The lowest BCUT2D eigenvalue weighted by Gasteiger charge is -2.09. The van der Waals surface area contributed by atoms with Crippen molar-refractivity contribution < 1.29 is 18.0 Å². The standard InChI is InChI=1S/C20H16ClF3N6OS/c21-14-4-5-17-16(9-14)12(10-26-17)6-7-25-18(31)11-32-19-27-28-29-30(19)15-3-1-2-13(8-15)20(22,23)24/h1-5,8-10,26H,6-7,11H2,(H,25,31). The third kappa shape index (κ3) is 5.05. The van der Waals surface area contributed by atoms with Crippen LogP contribution >= 0.6 is 23.4 Å². The van der Waals surface area contributed by atoms with Gasteiger partial charge in [0.1, 0.15) is 0 Å². The summed E-state index contributed by atoms with van der Waals surface area (Å²) in [7, 11) is 0. The van der Waals surface area contributed by atoms with Crippen LogP contribution in [0.15, 0.2) is 53.8 Å². The summed E-state index contributed by atoms with van der Waals surface area (Å²) in [5.41, 5.74) is 1.35. The highest BCUT2D eigenvalue weighted by atomic mass is 35.5. The number of thioether (sulfide) groups is 1. The number of nitrogens with zero attached hydrogens (tertiary/aromatic N) is 4. The van der Waals surface area contributed by atoms with Crippen molar-refractivity contribution in [2.75, 3.05) is 12.3 Å². The van der Waals surface area contributed by atoms with Crippen molar-refractivity contribution in [3.8, 4) is 5.69 Å². The van der Waals surface area contributed by atoms with Gasteiger partial charge in [-0.05, 0) is 58.8 Å². The molecule has 0 unspecified atom stereocenters. The summed E-state index contributed by atoms with van der Waals surface area (Å²) >= 11 is 7.08. The smallest absolute Gasteiger partial charge is 0.361 e. The highest BCUT2D eigenvalue weighted by Crippen LogP contribution is 2.31. The molecular weight excluding hydrogens is 465 g/mol. The average molecular weight is 481 g/mol. The summed E-state index contributed by atoms with van der Waals surface area (Å²) in [5, 5.41) is 15.7. The first-order chi connectivity index (χ1) is 15.3. The second-order valence-corrected chi connectivity index (χ2v) is 8.19. The van der Waals surface area contributed by atoms with Gasteiger partial charge in [-0.25, -0.2) is 0 Å². The molecule has 4 rings (SSSR count). The van der Waals surface area contributed by atoms with Gasteiger partial charge in [0.05, 0.1) is 17.0 Å². The normalized spacial score (nSPS) is 11.8. The molecule has 0 atom stereocenters. The summed E-state index contributed by atoms with van der Waals surface area (Å²) in [6.07, 6.45) is -1.99. The van der Waals surface area contributed by atoms with Crippen LogP contribution in [0.5, 0.6) is 0 Å². The molecule has 0 saturated heterocycles. The Bertz CT molecular complexity index is 1260. The monoisotopic (exact) mass is 480 g/mol. The molecule has 0 spiro atoms. The second-order valence-electron chi connectivity index (χ2n) is 6.81. The van der Waals surface area contributed by atoms with Gasteiger partial charge < -0.3 is 10.3 Å². The van der Waals surface area contributed by atoms with E-state index in [1.54, 1.807) is 6.07 Å². The number of rotatable bonds is 7. The van der Waals surface area contributed by atoms with Crippen molar-refractivity contribution in [3.05, 3.63) is 64.8 Å². The molecule has 0 radical (unpaired) electrons. The quantitative estimate of drug-likeness (QED) is 0.386. The molecular formula is C20H16ClF3N6OS. The van der Waals surface area contributed by atoms with Gasteiger partial charge in [-0.2, -0.15) is 17.9 Å². The number of amides is 1. The summed E-state index contributed by atoms with van der Waals surface area (Å²) in [6, 6.07) is 10.2. The fourth-order valence-corrected chi connectivity index (χ4v) is 4.01. The Labute approximate surface area is 189 Å². The topological polar surface area (TPSA) is 88.5 Å². The number of carbonyl (C=O) groups excluding carboxylic acids is 1. The first kappa shape index (κ1) is 22.2. The van der Waals surface area contributed by atoms with E-state index in [-0.39, 0.29) is 22.5 Å². The molecule has 0 aliphatic heterocycles. The predicted octanol–water partition coefficient (Wildman–Crippen LogP) is 4.27. The Morgan fingerprint density at radius 3 is 2.88 bits per heavy atom. The Morgan fingerprint density at radius 1 is 1.22 bits per heavy atom. The Morgan fingerprint density at radius 2 is 2.06 bits per heavy atom. The molecule has 2 heterocycles. The van der Waals surface area contributed by atoms with Crippen LogP contribution in [-0.4, -0.2) is 43.4 Å². The van der Waals surface area contributed by atoms with Crippen LogP contribution in [0.3, 0.4) is 0 Å². The zero-order chi connectivity index (χ0) is 22.7. The van der Waals surface area contributed by atoms with E-state index >= 15 is 0 Å². The number of nitrogens with one attached hydrogen (secondary N) is 2. The molecule has 0 saturated carbocycles. The van der Waals surface area contributed by atoms with E-state index in [1.807, 2.05) is 18.3 Å². The molecule has 2 aromatic carbocycles. The maximum absolute atomic E-state index is 13.0. The number of alkyl halides is 3. The number of aromatic amines is 1. The summed E-state index contributed by atoms with van der Waals surface area (Å²) in [4.78, 5) is 15.4. The minimum atomic E-state index is -4.48. The van der Waals surface area contributed by atoms with E-state index in [2.05, 4.69) is 25.8 Å². The van der Waals surface area contributed by atoms with Gasteiger partial charge in [-0.3, -0.25) is 4.79 Å². The van der Waals surface area contributed by atoms with Gasteiger partial charge in [0, 0.05) is 28.7 Å². The van der Waals surface area contributed by atoms with Crippen molar-refractivity contribution in [2.45, 2.75) is 17.8 Å². The zero-order valence-electron chi connectivity index (χ0n) is 16.4. The summed E-state index contributed by atoms with van der Waals surface area (Å²) in [5.74, 6) is -0.231. The van der Waals surface area contributed by atoms with Gasteiger partial charge in [0.15, 0.2) is 0 Å². The van der Waals surface area contributed by atoms with E-state index in [0.717, 1.165) is 40.4 Å². The largest absolute Gasteiger partial charge is 0.416 e. The first-order valence-electron chi connectivity index (χ1n) is 9.42. The number of H-pyrrole nitrogens is 1. The van der Waals surface area contributed by atoms with E-state index in [0.29, 0.717) is 18.0 Å². The molecule has 1 amide bonds. The number of halogens is 4. The maximum Gasteiger partial charge on any atom is 0.416 e. The van der Waals surface area contributed by atoms with E-state index in [1.165, 1.54) is 16.8 Å². The van der Waals surface area contributed by atoms with Crippen molar-refractivity contribution in [3.63, 3.8) is 0 Å². The average Bonchev–Trinajstić information content (AvgIpc) is 3.39. The predicted molar refractivity (Wildman–Crippen MR) is 115 cm³/mol. The molecule has 2 N–H and O–H groups in total. The van der Waals surface area contributed by atoms with Gasteiger partial charge in [0.2, 0.25) is 11.1 Å². The number of tetrazole rings is 1. The third-order valence-electron chi connectivity index (χ3n) is 4.64. The lowest BCUT2D eigenvalue weighted by atomic mass is 10.1. The third-order valence-corrected chi connectivity index (χ3v) is 5.79. The number of fused-ring (bicyclic) bond motifs is 1. The highest BCUT2D eigenvalue weighted by molar-refractivity contribution is 7.99. The molecule has 7 nitrogen and oxygen atoms in total. The Kier molecular flexibility index (Phi) is 6.38. The molecule has 32 heavy (non-hydrogen) atoms. The molecule has 0 aliphatic rings. The number of hydrogen-bond acceptors (Lipinski definition) is 5. The van der Waals surface area contributed by atoms with Crippen LogP contribution < -0.4 is 5.32 Å². The van der Waals surface area contributed by atoms with Gasteiger partial charge >= 0.3 is 6.18 Å². The van der Waals surface area contributed by atoms with Crippen LogP contribution in [0.2, 0.25) is 5.02 Å². The zero-order valence-corrected chi connectivity index (χ0v) is 17.9. The summed E-state index contributed by atoms with van der Waals surface area (Å²) < 4.78 is 40.1. The van der Waals surface area contributed by atoms with E-state index < -0.39 is 11.7 Å². The number of hydrogen-bond donors (Lipinski definition) is 2. The number of aromatic nitrogens is 5. The first-order valence-corrected chi connectivity index (χ1v) is 10.8. The van der Waals surface area contributed by atoms with Crippen molar-refractivity contribution in [2.24, 2.45) is 0 Å². The van der Waals surface area contributed by atoms with Crippen molar-refractivity contribution in [1.29, 1.82) is 0 Å². The molecule has 0 bridgehead atoms. The molecule has 0 aliphatic carbocycles. The summed E-state index contributed by atoms with van der Waals surface area (Å²) in [6.45, 7) is 0.414. The minimum Gasteiger partial charge on any atom is -0.361 e. The van der Waals surface area contributed by atoms with E-state index in [9.17, 15) is 18.0 Å². The van der Waals surface area contributed by atoms with Gasteiger partial charge in [-0.1, -0.05) is 29.4 Å². The highest BCUT2D eigenvalue weighted by Gasteiger charge is 2.30. The molecule has 12 heteroatoms. The lowest BCUT2D eigenvalue weighted by molar-refractivity contribution is -0.137. The molecule has 4 aromatic rings. The Balaban J connectivity index is 1.33. The molecule has 0 fully saturated rings. The lowest BCUT2D eigenvalue weighted by Crippen LogP contribution is -2.27. The SMILES string of the molecule is O=C(CSc1nnnn1-c1cccc(C(F)(F)F)c1)NCCc1c[nH]c2ccc(Cl)cc12. The maximum atomic E-state index is 13.0. The van der Waals surface area contributed by atoms with Crippen LogP contribution in [0.1, 0.15) is 11.1 Å². The fraction of sp³-hybridized carbons (Fsp3) is 0.200.